The van der Waals surface area contributed by atoms with Gasteiger partial charge in [-0.25, -0.2) is 0 Å². The lowest BCUT2D eigenvalue weighted by Gasteiger charge is -2.22. The molecule has 2 amide bonds. The first-order valence-electron chi connectivity index (χ1n) is 8.78. The Kier molecular flexibility index (Phi) is 5.84. The minimum atomic E-state index is -0.0762. The number of aromatic nitrogens is 1. The monoisotopic (exact) mass is 353 g/mol. The zero-order valence-electron chi connectivity index (χ0n) is 14.9. The minimum Gasteiger partial charge on any atom is -0.497 e. The summed E-state index contributed by atoms with van der Waals surface area (Å²) in [5, 5.41) is 0. The van der Waals surface area contributed by atoms with Crippen LogP contribution in [0.25, 0.3) is 0 Å². The molecule has 1 aromatic carbocycles. The van der Waals surface area contributed by atoms with Crippen LogP contribution >= 0.6 is 0 Å². The van der Waals surface area contributed by atoms with Crippen molar-refractivity contribution in [3.05, 3.63) is 59.9 Å². The number of carbonyl (C=O) groups is 2. The highest BCUT2D eigenvalue weighted by Crippen LogP contribution is 2.15. The van der Waals surface area contributed by atoms with Gasteiger partial charge < -0.3 is 14.5 Å². The molecular formula is C20H23N3O3. The molecule has 1 aliphatic rings. The third-order valence-electron chi connectivity index (χ3n) is 4.51. The van der Waals surface area contributed by atoms with E-state index in [1.807, 2.05) is 35.2 Å². The standard InChI is InChI=1S/C20H23N3O3/c1-26-17-7-4-6-16(14-17)15-19(24)22-10-5-11-23(13-12-22)20(25)18-8-2-3-9-21-18/h2-4,6-9,14H,5,10-13,15H2,1H3. The Morgan fingerprint density at radius 1 is 1.04 bits per heavy atom. The molecule has 1 saturated heterocycles. The van der Waals surface area contributed by atoms with Gasteiger partial charge in [0, 0.05) is 32.4 Å². The van der Waals surface area contributed by atoms with Crippen LogP contribution in [0.1, 0.15) is 22.5 Å². The van der Waals surface area contributed by atoms with E-state index in [1.165, 1.54) is 0 Å². The van der Waals surface area contributed by atoms with Crippen LogP contribution < -0.4 is 4.74 Å². The van der Waals surface area contributed by atoms with Gasteiger partial charge in [-0.1, -0.05) is 18.2 Å². The fourth-order valence-corrected chi connectivity index (χ4v) is 3.09. The Morgan fingerprint density at radius 2 is 1.85 bits per heavy atom. The number of benzene rings is 1. The predicted octanol–water partition coefficient (Wildman–Crippen LogP) is 2.01. The molecular weight excluding hydrogens is 330 g/mol. The molecule has 136 valence electrons. The highest BCUT2D eigenvalue weighted by molar-refractivity contribution is 5.92. The highest BCUT2D eigenvalue weighted by Gasteiger charge is 2.23. The van der Waals surface area contributed by atoms with Crippen molar-refractivity contribution in [3.8, 4) is 5.75 Å². The molecule has 1 aliphatic heterocycles. The Hall–Kier alpha value is -2.89. The molecule has 6 heteroatoms. The number of pyridine rings is 1. The SMILES string of the molecule is COc1cccc(CC(=O)N2CCCN(C(=O)c3ccccn3)CC2)c1. The Bertz CT molecular complexity index is 764. The summed E-state index contributed by atoms with van der Waals surface area (Å²) in [5.74, 6) is 0.747. The molecule has 2 heterocycles. The maximum atomic E-state index is 12.6. The Morgan fingerprint density at radius 3 is 2.62 bits per heavy atom. The second-order valence-corrected chi connectivity index (χ2v) is 6.27. The number of nitrogens with zero attached hydrogens (tertiary/aromatic N) is 3. The number of methoxy groups -OCH3 is 1. The quantitative estimate of drug-likeness (QED) is 0.843. The summed E-state index contributed by atoms with van der Waals surface area (Å²) in [6, 6.07) is 12.9. The second-order valence-electron chi connectivity index (χ2n) is 6.27. The summed E-state index contributed by atoms with van der Waals surface area (Å²) in [7, 11) is 1.61. The number of ether oxygens (including phenoxy) is 1. The molecule has 0 saturated carbocycles. The van der Waals surface area contributed by atoms with Crippen molar-refractivity contribution < 1.29 is 14.3 Å². The summed E-state index contributed by atoms with van der Waals surface area (Å²) >= 11 is 0. The van der Waals surface area contributed by atoms with Crippen molar-refractivity contribution in [3.63, 3.8) is 0 Å². The molecule has 0 spiro atoms. The molecule has 0 N–H and O–H groups in total. The lowest BCUT2D eigenvalue weighted by Crippen LogP contribution is -2.38. The highest BCUT2D eigenvalue weighted by atomic mass is 16.5. The van der Waals surface area contributed by atoms with Crippen molar-refractivity contribution in [2.75, 3.05) is 33.3 Å². The van der Waals surface area contributed by atoms with E-state index in [2.05, 4.69) is 4.98 Å². The van der Waals surface area contributed by atoms with Crippen molar-refractivity contribution >= 4 is 11.8 Å². The minimum absolute atomic E-state index is 0.0744. The van der Waals surface area contributed by atoms with Gasteiger partial charge in [-0.15, -0.1) is 0 Å². The van der Waals surface area contributed by atoms with Crippen LogP contribution in [0.5, 0.6) is 5.75 Å². The van der Waals surface area contributed by atoms with Gasteiger partial charge in [-0.05, 0) is 36.2 Å². The van der Waals surface area contributed by atoms with Crippen LogP contribution in [0, 0.1) is 0 Å². The molecule has 1 aromatic heterocycles. The zero-order chi connectivity index (χ0) is 18.4. The summed E-state index contributed by atoms with van der Waals surface area (Å²) < 4.78 is 5.21. The number of hydrogen-bond donors (Lipinski definition) is 0. The smallest absolute Gasteiger partial charge is 0.272 e. The van der Waals surface area contributed by atoms with Crippen LogP contribution in [-0.4, -0.2) is 59.9 Å². The zero-order valence-corrected chi connectivity index (χ0v) is 14.9. The van der Waals surface area contributed by atoms with Crippen LogP contribution in [0.3, 0.4) is 0 Å². The first kappa shape index (κ1) is 17.9. The second kappa shape index (κ2) is 8.47. The average molecular weight is 353 g/mol. The lowest BCUT2D eigenvalue weighted by atomic mass is 10.1. The molecule has 2 aromatic rings. The van der Waals surface area contributed by atoms with E-state index in [1.54, 1.807) is 30.3 Å². The van der Waals surface area contributed by atoms with E-state index in [9.17, 15) is 9.59 Å². The van der Waals surface area contributed by atoms with E-state index in [0.29, 0.717) is 38.3 Å². The first-order valence-corrected chi connectivity index (χ1v) is 8.78. The van der Waals surface area contributed by atoms with Crippen molar-refractivity contribution in [1.82, 2.24) is 14.8 Å². The van der Waals surface area contributed by atoms with E-state index in [-0.39, 0.29) is 11.8 Å². The maximum Gasteiger partial charge on any atom is 0.272 e. The van der Waals surface area contributed by atoms with Gasteiger partial charge in [0.05, 0.1) is 13.5 Å². The molecule has 0 unspecified atom stereocenters. The van der Waals surface area contributed by atoms with Crippen LogP contribution in [0.4, 0.5) is 0 Å². The fraction of sp³-hybridized carbons (Fsp3) is 0.350. The topological polar surface area (TPSA) is 62.7 Å². The van der Waals surface area contributed by atoms with Crippen molar-refractivity contribution in [2.45, 2.75) is 12.8 Å². The summed E-state index contributed by atoms with van der Waals surface area (Å²) in [5.41, 5.74) is 1.38. The lowest BCUT2D eigenvalue weighted by molar-refractivity contribution is -0.130. The van der Waals surface area contributed by atoms with Crippen molar-refractivity contribution in [1.29, 1.82) is 0 Å². The predicted molar refractivity (Wildman–Crippen MR) is 98.0 cm³/mol. The van der Waals surface area contributed by atoms with Crippen LogP contribution in [-0.2, 0) is 11.2 Å². The molecule has 6 nitrogen and oxygen atoms in total. The molecule has 0 radical (unpaired) electrons. The third kappa shape index (κ3) is 4.39. The molecule has 26 heavy (non-hydrogen) atoms. The Labute approximate surface area is 153 Å². The largest absolute Gasteiger partial charge is 0.497 e. The molecule has 1 fully saturated rings. The molecule has 3 rings (SSSR count). The maximum absolute atomic E-state index is 12.6. The summed E-state index contributed by atoms with van der Waals surface area (Å²) in [6.45, 7) is 2.37. The van der Waals surface area contributed by atoms with Crippen LogP contribution in [0.15, 0.2) is 48.7 Å². The summed E-state index contributed by atoms with van der Waals surface area (Å²) in [4.78, 5) is 32.9. The summed E-state index contributed by atoms with van der Waals surface area (Å²) in [6.07, 6.45) is 2.73. The van der Waals surface area contributed by atoms with Gasteiger partial charge in [0.25, 0.3) is 5.91 Å². The van der Waals surface area contributed by atoms with Gasteiger partial charge in [-0.3, -0.25) is 14.6 Å². The third-order valence-corrected chi connectivity index (χ3v) is 4.51. The van der Waals surface area contributed by atoms with Gasteiger partial charge in [0.2, 0.25) is 5.91 Å². The normalized spacial score (nSPS) is 14.7. The Balaban J connectivity index is 1.59. The van der Waals surface area contributed by atoms with E-state index >= 15 is 0 Å². The average Bonchev–Trinajstić information content (AvgIpc) is 2.94. The van der Waals surface area contributed by atoms with E-state index in [4.69, 9.17) is 4.74 Å². The number of hydrogen-bond acceptors (Lipinski definition) is 4. The fourth-order valence-electron chi connectivity index (χ4n) is 3.09. The number of amides is 2. The molecule has 0 aliphatic carbocycles. The molecule has 0 atom stereocenters. The van der Waals surface area contributed by atoms with Crippen molar-refractivity contribution in [2.24, 2.45) is 0 Å². The van der Waals surface area contributed by atoms with Gasteiger partial charge in [0.15, 0.2) is 0 Å². The van der Waals surface area contributed by atoms with Gasteiger partial charge >= 0.3 is 0 Å². The first-order chi connectivity index (χ1) is 12.7. The number of rotatable bonds is 4. The van der Waals surface area contributed by atoms with E-state index in [0.717, 1.165) is 17.7 Å². The van der Waals surface area contributed by atoms with E-state index < -0.39 is 0 Å². The van der Waals surface area contributed by atoms with Gasteiger partial charge in [0.1, 0.15) is 11.4 Å². The van der Waals surface area contributed by atoms with Gasteiger partial charge in [-0.2, -0.15) is 0 Å². The molecule has 0 bridgehead atoms. The van der Waals surface area contributed by atoms with Crippen LogP contribution in [0.2, 0.25) is 0 Å². The number of carbonyl (C=O) groups excluding carboxylic acids is 2.